The van der Waals surface area contributed by atoms with Gasteiger partial charge in [0.25, 0.3) is 5.91 Å². The van der Waals surface area contributed by atoms with Crippen molar-refractivity contribution >= 4 is 11.9 Å². The van der Waals surface area contributed by atoms with E-state index in [0.29, 0.717) is 36.5 Å². The molecule has 162 valence electrons. The van der Waals surface area contributed by atoms with Gasteiger partial charge in [0.1, 0.15) is 17.2 Å². The molecule has 0 spiro atoms. The molecule has 1 amide bonds. The molecule has 3 aromatic rings. The fourth-order valence-electron chi connectivity index (χ4n) is 3.01. The van der Waals surface area contributed by atoms with Crippen LogP contribution in [0.15, 0.2) is 65.4 Å². The van der Waals surface area contributed by atoms with Gasteiger partial charge in [-0.1, -0.05) is 18.2 Å². The lowest BCUT2D eigenvalue weighted by molar-refractivity contribution is -0.137. The van der Waals surface area contributed by atoms with Gasteiger partial charge in [0.15, 0.2) is 0 Å². The number of ether oxygens (including phenoxy) is 1. The van der Waals surface area contributed by atoms with Crippen molar-refractivity contribution in [3.8, 4) is 17.1 Å². The Morgan fingerprint density at radius 1 is 1.13 bits per heavy atom. The Morgan fingerprint density at radius 2 is 1.97 bits per heavy atom. The molecule has 0 saturated heterocycles. The number of nitrogens with zero attached hydrogens (tertiary/aromatic N) is 2. The molecular formula is C24H26N2O5. The number of aliphatic carboxylic acids is 1. The average Bonchev–Trinajstić information content (AvgIpc) is 3.35. The molecule has 3 rings (SSSR count). The second kappa shape index (κ2) is 11.0. The standard InChI is InChI=1S/C24H26N2O5/c1-26(24(29)20-13-12-18(16-25-20)21-10-7-15-31-21)17-19-8-4-5-9-22(19)30-14-6-2-3-11-23(27)28/h4-5,7-10,12-13,15-16H,2-3,6,11,14,17H2,1H3,(H,27,28)/i17D. The van der Waals surface area contributed by atoms with E-state index in [1.165, 1.54) is 4.90 Å². The predicted octanol–water partition coefficient (Wildman–Crippen LogP) is 4.64. The van der Waals surface area contributed by atoms with Crippen molar-refractivity contribution in [3.05, 3.63) is 72.2 Å². The number of amides is 1. The van der Waals surface area contributed by atoms with Gasteiger partial charge in [-0.25, -0.2) is 0 Å². The Hall–Kier alpha value is -3.61. The molecule has 0 saturated carbocycles. The van der Waals surface area contributed by atoms with E-state index in [-0.39, 0.29) is 18.0 Å². The Kier molecular flexibility index (Phi) is 7.31. The molecule has 31 heavy (non-hydrogen) atoms. The van der Waals surface area contributed by atoms with Crippen molar-refractivity contribution in [2.24, 2.45) is 0 Å². The monoisotopic (exact) mass is 423 g/mol. The number of carboxylic acid groups (broad SMARTS) is 1. The number of carbonyl (C=O) groups excluding carboxylic acids is 1. The number of rotatable bonds is 11. The zero-order valence-electron chi connectivity index (χ0n) is 18.4. The summed E-state index contributed by atoms with van der Waals surface area (Å²) in [5.74, 6) is 0.0225. The third-order valence-corrected chi connectivity index (χ3v) is 4.65. The topological polar surface area (TPSA) is 92.9 Å². The molecule has 0 bridgehead atoms. The summed E-state index contributed by atoms with van der Waals surface area (Å²) in [6.45, 7) is -0.561. The van der Waals surface area contributed by atoms with Crippen LogP contribution in [-0.4, -0.2) is 40.5 Å². The summed E-state index contributed by atoms with van der Waals surface area (Å²) >= 11 is 0. The highest BCUT2D eigenvalue weighted by Crippen LogP contribution is 2.22. The molecule has 0 fully saturated rings. The van der Waals surface area contributed by atoms with Gasteiger partial charge in [-0.2, -0.15) is 0 Å². The van der Waals surface area contributed by atoms with Crippen molar-refractivity contribution in [1.29, 1.82) is 0 Å². The first-order chi connectivity index (χ1) is 15.5. The molecule has 1 aromatic carbocycles. The van der Waals surface area contributed by atoms with Crippen LogP contribution in [0.4, 0.5) is 0 Å². The Bertz CT molecular complexity index is 1020. The van der Waals surface area contributed by atoms with Crippen LogP contribution >= 0.6 is 0 Å². The maximum absolute atomic E-state index is 12.9. The van der Waals surface area contributed by atoms with E-state index in [9.17, 15) is 9.59 Å². The first kappa shape index (κ1) is 20.7. The maximum atomic E-state index is 12.9. The van der Waals surface area contributed by atoms with E-state index in [0.717, 1.165) is 12.0 Å². The molecule has 0 aliphatic carbocycles. The van der Waals surface area contributed by atoms with Crippen LogP contribution in [0.5, 0.6) is 5.75 Å². The number of furan rings is 1. The summed E-state index contributed by atoms with van der Waals surface area (Å²) < 4.78 is 19.8. The van der Waals surface area contributed by atoms with Crippen LogP contribution in [0, 0.1) is 0 Å². The summed E-state index contributed by atoms with van der Waals surface area (Å²) in [6.07, 6.45) is 5.35. The van der Waals surface area contributed by atoms with E-state index in [1.54, 1.807) is 55.9 Å². The number of carboxylic acids is 1. The minimum atomic E-state index is -0.975. The molecule has 1 atom stereocenters. The Morgan fingerprint density at radius 3 is 2.68 bits per heavy atom. The van der Waals surface area contributed by atoms with Gasteiger partial charge in [-0.05, 0) is 49.6 Å². The number of carbonyl (C=O) groups is 2. The summed E-state index contributed by atoms with van der Waals surface area (Å²) in [4.78, 5) is 29.0. The van der Waals surface area contributed by atoms with Gasteiger partial charge < -0.3 is 19.2 Å². The van der Waals surface area contributed by atoms with Crippen molar-refractivity contribution in [3.63, 3.8) is 0 Å². The minimum Gasteiger partial charge on any atom is -0.493 e. The number of aromatic nitrogens is 1. The van der Waals surface area contributed by atoms with Gasteiger partial charge in [0.2, 0.25) is 0 Å². The van der Waals surface area contributed by atoms with E-state index in [1.807, 2.05) is 12.1 Å². The predicted molar refractivity (Wildman–Crippen MR) is 116 cm³/mol. The number of unbranched alkanes of at least 4 members (excludes halogenated alkanes) is 2. The molecular weight excluding hydrogens is 396 g/mol. The number of pyridine rings is 1. The fourth-order valence-corrected chi connectivity index (χ4v) is 3.01. The highest BCUT2D eigenvalue weighted by Gasteiger charge is 2.16. The largest absolute Gasteiger partial charge is 0.493 e. The van der Waals surface area contributed by atoms with Crippen LogP contribution in [0.1, 0.15) is 43.1 Å². The van der Waals surface area contributed by atoms with Crippen molar-refractivity contribution in [1.82, 2.24) is 9.88 Å². The van der Waals surface area contributed by atoms with Crippen LogP contribution in [-0.2, 0) is 11.3 Å². The highest BCUT2D eigenvalue weighted by molar-refractivity contribution is 5.92. The van der Waals surface area contributed by atoms with Crippen LogP contribution < -0.4 is 4.74 Å². The van der Waals surface area contributed by atoms with Crippen LogP contribution in [0.3, 0.4) is 0 Å². The number of hydrogen-bond acceptors (Lipinski definition) is 5. The number of hydrogen-bond donors (Lipinski definition) is 1. The number of benzene rings is 1. The SMILES string of the molecule is [2H]C(c1ccccc1OCCCCCC(=O)O)N(C)C(=O)c1ccc(-c2ccco2)cn1. The lowest BCUT2D eigenvalue weighted by atomic mass is 10.1. The van der Waals surface area contributed by atoms with Crippen molar-refractivity contribution in [2.45, 2.75) is 32.2 Å². The molecule has 2 heterocycles. The smallest absolute Gasteiger partial charge is 0.303 e. The molecule has 1 unspecified atom stereocenters. The van der Waals surface area contributed by atoms with E-state index in [2.05, 4.69) is 4.98 Å². The van der Waals surface area contributed by atoms with Gasteiger partial charge in [-0.3, -0.25) is 14.6 Å². The summed E-state index contributed by atoms with van der Waals surface area (Å²) in [7, 11) is 1.56. The molecule has 0 radical (unpaired) electrons. The van der Waals surface area contributed by atoms with E-state index in [4.69, 9.17) is 15.6 Å². The highest BCUT2D eigenvalue weighted by atomic mass is 16.5. The summed E-state index contributed by atoms with van der Waals surface area (Å²) in [5.41, 5.74) is 1.57. The van der Waals surface area contributed by atoms with Gasteiger partial charge >= 0.3 is 5.97 Å². The Balaban J connectivity index is 1.61. The van der Waals surface area contributed by atoms with Crippen molar-refractivity contribution < 1.29 is 25.2 Å². The van der Waals surface area contributed by atoms with Crippen LogP contribution in [0.25, 0.3) is 11.3 Å². The van der Waals surface area contributed by atoms with Crippen molar-refractivity contribution in [2.75, 3.05) is 13.7 Å². The molecule has 0 aliphatic heterocycles. The second-order valence-electron chi connectivity index (χ2n) is 7.05. The molecule has 7 heteroatoms. The van der Waals surface area contributed by atoms with Gasteiger partial charge in [-0.15, -0.1) is 0 Å². The van der Waals surface area contributed by atoms with Gasteiger partial charge in [0.05, 0.1) is 14.2 Å². The first-order valence-electron chi connectivity index (χ1n) is 10.7. The lowest BCUT2D eigenvalue weighted by Gasteiger charge is -2.19. The fraction of sp³-hybridized carbons (Fsp3) is 0.292. The molecule has 0 aliphatic rings. The third kappa shape index (κ3) is 6.44. The number of para-hydroxylation sites is 1. The third-order valence-electron chi connectivity index (χ3n) is 4.65. The summed E-state index contributed by atoms with van der Waals surface area (Å²) in [5, 5.41) is 8.69. The zero-order chi connectivity index (χ0) is 22.9. The minimum absolute atomic E-state index is 0.148. The second-order valence-corrected chi connectivity index (χ2v) is 7.05. The normalized spacial score (nSPS) is 12.1. The van der Waals surface area contributed by atoms with E-state index >= 15 is 0 Å². The summed E-state index contributed by atoms with van der Waals surface area (Å²) in [6, 6.07) is 14.1. The molecule has 2 aromatic heterocycles. The first-order valence-corrected chi connectivity index (χ1v) is 10.1. The molecule has 1 N–H and O–H groups in total. The van der Waals surface area contributed by atoms with Gasteiger partial charge in [0, 0.05) is 37.3 Å². The zero-order valence-corrected chi connectivity index (χ0v) is 17.4. The Labute approximate surface area is 182 Å². The quantitative estimate of drug-likeness (QED) is 0.452. The van der Waals surface area contributed by atoms with E-state index < -0.39 is 12.5 Å². The van der Waals surface area contributed by atoms with Crippen LogP contribution in [0.2, 0.25) is 0 Å². The lowest BCUT2D eigenvalue weighted by Crippen LogP contribution is -2.27. The average molecular weight is 423 g/mol. The maximum Gasteiger partial charge on any atom is 0.303 e. The molecule has 7 nitrogen and oxygen atoms in total.